The highest BCUT2D eigenvalue weighted by molar-refractivity contribution is 5.74. The molecule has 1 fully saturated rings. The number of amides is 2. The van der Waals surface area contributed by atoms with E-state index in [1.54, 1.807) is 4.90 Å². The maximum absolute atomic E-state index is 12.1. The van der Waals surface area contributed by atoms with E-state index in [-0.39, 0.29) is 6.03 Å². The minimum Gasteiger partial charge on any atom is -0.335 e. The quantitative estimate of drug-likeness (QED) is 0.886. The van der Waals surface area contributed by atoms with Crippen molar-refractivity contribution in [3.8, 4) is 0 Å². The summed E-state index contributed by atoms with van der Waals surface area (Å²) in [5.74, 6) is 0. The first-order valence-electron chi connectivity index (χ1n) is 7.22. The number of hydrogen-bond donors (Lipinski definition) is 1. The lowest BCUT2D eigenvalue weighted by Crippen LogP contribution is -2.43. The third-order valence-electron chi connectivity index (χ3n) is 3.82. The highest BCUT2D eigenvalue weighted by atomic mass is 16.2. The molecule has 1 saturated carbocycles. The second kappa shape index (κ2) is 6.60. The molecule has 1 aromatic rings. The van der Waals surface area contributed by atoms with Gasteiger partial charge < -0.3 is 10.2 Å². The van der Waals surface area contributed by atoms with Crippen molar-refractivity contribution in [2.45, 2.75) is 51.6 Å². The molecule has 0 unspecified atom stereocenters. The first-order chi connectivity index (χ1) is 9.15. The molecule has 0 saturated heterocycles. The largest absolute Gasteiger partial charge is 0.335 e. The van der Waals surface area contributed by atoms with E-state index in [0.717, 1.165) is 12.8 Å². The van der Waals surface area contributed by atoms with E-state index < -0.39 is 0 Å². The Morgan fingerprint density at radius 3 is 2.47 bits per heavy atom. The Labute approximate surface area is 116 Å². The lowest BCUT2D eigenvalue weighted by Gasteiger charge is -2.26. The van der Waals surface area contributed by atoms with Crippen molar-refractivity contribution in [1.29, 1.82) is 0 Å². The van der Waals surface area contributed by atoms with Gasteiger partial charge in [0.2, 0.25) is 0 Å². The number of carbonyl (C=O) groups is 1. The zero-order chi connectivity index (χ0) is 13.7. The normalized spacial score (nSPS) is 16.1. The van der Waals surface area contributed by atoms with Crippen molar-refractivity contribution < 1.29 is 4.79 Å². The number of rotatable bonds is 3. The molecule has 0 radical (unpaired) electrons. The van der Waals surface area contributed by atoms with Gasteiger partial charge in [0.1, 0.15) is 0 Å². The molecule has 0 aliphatic heterocycles. The molecule has 0 bridgehead atoms. The van der Waals surface area contributed by atoms with E-state index in [9.17, 15) is 4.79 Å². The van der Waals surface area contributed by atoms with Crippen LogP contribution in [0.15, 0.2) is 24.3 Å². The van der Waals surface area contributed by atoms with Crippen molar-refractivity contribution in [3.63, 3.8) is 0 Å². The van der Waals surface area contributed by atoms with Gasteiger partial charge in [-0.05, 0) is 25.3 Å². The fraction of sp³-hybridized carbons (Fsp3) is 0.562. The number of hydrogen-bond acceptors (Lipinski definition) is 1. The van der Waals surface area contributed by atoms with Crippen LogP contribution in [-0.2, 0) is 6.54 Å². The van der Waals surface area contributed by atoms with Gasteiger partial charge in [-0.15, -0.1) is 0 Å². The molecule has 0 atom stereocenters. The molecular formula is C16H24N2O. The topological polar surface area (TPSA) is 32.3 Å². The van der Waals surface area contributed by atoms with Crippen LogP contribution in [0.25, 0.3) is 0 Å². The number of aryl methyl sites for hydroxylation is 1. The van der Waals surface area contributed by atoms with Crippen LogP contribution >= 0.6 is 0 Å². The van der Waals surface area contributed by atoms with E-state index in [4.69, 9.17) is 0 Å². The van der Waals surface area contributed by atoms with Crippen LogP contribution in [0.2, 0.25) is 0 Å². The smallest absolute Gasteiger partial charge is 0.317 e. The molecule has 3 heteroatoms. The van der Waals surface area contributed by atoms with E-state index in [1.165, 1.54) is 30.4 Å². The van der Waals surface area contributed by atoms with Gasteiger partial charge in [-0.3, -0.25) is 0 Å². The molecule has 104 valence electrons. The number of urea groups is 1. The van der Waals surface area contributed by atoms with Gasteiger partial charge >= 0.3 is 6.03 Å². The van der Waals surface area contributed by atoms with Crippen LogP contribution in [0.3, 0.4) is 0 Å². The van der Waals surface area contributed by atoms with Crippen molar-refractivity contribution in [2.75, 3.05) is 7.05 Å². The molecule has 1 aliphatic carbocycles. The molecule has 1 aliphatic rings. The van der Waals surface area contributed by atoms with Crippen molar-refractivity contribution in [2.24, 2.45) is 0 Å². The summed E-state index contributed by atoms with van der Waals surface area (Å²) in [6, 6.07) is 8.76. The third kappa shape index (κ3) is 4.27. The molecule has 0 spiro atoms. The summed E-state index contributed by atoms with van der Waals surface area (Å²) in [4.78, 5) is 13.9. The summed E-state index contributed by atoms with van der Waals surface area (Å²) in [5.41, 5.74) is 2.42. The molecule has 2 amide bonds. The minimum absolute atomic E-state index is 0.0486. The average Bonchev–Trinajstić information content (AvgIpc) is 2.42. The number of benzene rings is 1. The first-order valence-corrected chi connectivity index (χ1v) is 7.22. The summed E-state index contributed by atoms with van der Waals surface area (Å²) in [7, 11) is 1.86. The van der Waals surface area contributed by atoms with Crippen LogP contribution in [-0.4, -0.2) is 24.0 Å². The standard InChI is InChI=1S/C16H24N2O/c1-13-8-10-14(11-9-13)12-18(2)16(19)17-15-6-4-3-5-7-15/h8-11,15H,3-7,12H2,1-2H3,(H,17,19). The molecule has 1 N–H and O–H groups in total. The Bertz CT molecular complexity index is 407. The van der Waals surface area contributed by atoms with Crippen LogP contribution < -0.4 is 5.32 Å². The van der Waals surface area contributed by atoms with E-state index >= 15 is 0 Å². The number of nitrogens with one attached hydrogen (secondary N) is 1. The van der Waals surface area contributed by atoms with Gasteiger partial charge in [-0.25, -0.2) is 4.79 Å². The fourth-order valence-corrected chi connectivity index (χ4v) is 2.57. The summed E-state index contributed by atoms with van der Waals surface area (Å²) in [5, 5.41) is 3.14. The van der Waals surface area contributed by atoms with Gasteiger partial charge in [0.25, 0.3) is 0 Å². The summed E-state index contributed by atoms with van der Waals surface area (Å²) in [6.07, 6.45) is 6.05. The number of nitrogens with zero attached hydrogens (tertiary/aromatic N) is 1. The first kappa shape index (κ1) is 13.9. The summed E-state index contributed by atoms with van der Waals surface area (Å²) < 4.78 is 0. The van der Waals surface area contributed by atoms with E-state index in [1.807, 2.05) is 7.05 Å². The molecule has 1 aromatic carbocycles. The van der Waals surface area contributed by atoms with Crippen LogP contribution in [0.5, 0.6) is 0 Å². The van der Waals surface area contributed by atoms with Crippen LogP contribution in [0.4, 0.5) is 4.79 Å². The molecule has 2 rings (SSSR count). The summed E-state index contributed by atoms with van der Waals surface area (Å²) in [6.45, 7) is 2.74. The summed E-state index contributed by atoms with van der Waals surface area (Å²) >= 11 is 0. The van der Waals surface area contributed by atoms with E-state index in [2.05, 4.69) is 36.5 Å². The Morgan fingerprint density at radius 1 is 1.21 bits per heavy atom. The second-order valence-electron chi connectivity index (χ2n) is 5.63. The van der Waals surface area contributed by atoms with E-state index in [0.29, 0.717) is 12.6 Å². The average molecular weight is 260 g/mol. The SMILES string of the molecule is Cc1ccc(CN(C)C(=O)NC2CCCCC2)cc1. The molecular weight excluding hydrogens is 236 g/mol. The van der Waals surface area contributed by atoms with Gasteiger partial charge in [-0.2, -0.15) is 0 Å². The zero-order valence-electron chi connectivity index (χ0n) is 12.0. The Kier molecular flexibility index (Phi) is 4.83. The maximum atomic E-state index is 12.1. The van der Waals surface area contributed by atoms with Crippen LogP contribution in [0, 0.1) is 6.92 Å². The second-order valence-corrected chi connectivity index (χ2v) is 5.63. The minimum atomic E-state index is 0.0486. The highest BCUT2D eigenvalue weighted by Gasteiger charge is 2.17. The monoisotopic (exact) mass is 260 g/mol. The Balaban J connectivity index is 1.83. The van der Waals surface area contributed by atoms with Crippen molar-refractivity contribution >= 4 is 6.03 Å². The van der Waals surface area contributed by atoms with Crippen molar-refractivity contribution in [1.82, 2.24) is 10.2 Å². The predicted octanol–water partition coefficient (Wildman–Crippen LogP) is 3.47. The predicted molar refractivity (Wildman–Crippen MR) is 78.1 cm³/mol. The maximum Gasteiger partial charge on any atom is 0.317 e. The molecule has 0 aromatic heterocycles. The molecule has 19 heavy (non-hydrogen) atoms. The zero-order valence-corrected chi connectivity index (χ0v) is 12.0. The van der Waals surface area contributed by atoms with Gasteiger partial charge in [-0.1, -0.05) is 49.1 Å². The molecule has 0 heterocycles. The lowest BCUT2D eigenvalue weighted by molar-refractivity contribution is 0.198. The fourth-order valence-electron chi connectivity index (χ4n) is 2.57. The lowest BCUT2D eigenvalue weighted by atomic mass is 9.96. The Morgan fingerprint density at radius 2 is 1.84 bits per heavy atom. The number of carbonyl (C=O) groups excluding carboxylic acids is 1. The third-order valence-corrected chi connectivity index (χ3v) is 3.82. The van der Waals surface area contributed by atoms with Gasteiger partial charge in [0.05, 0.1) is 0 Å². The van der Waals surface area contributed by atoms with Crippen molar-refractivity contribution in [3.05, 3.63) is 35.4 Å². The molecule has 3 nitrogen and oxygen atoms in total. The highest BCUT2D eigenvalue weighted by Crippen LogP contribution is 2.17. The van der Waals surface area contributed by atoms with Gasteiger partial charge in [0, 0.05) is 19.6 Å². The van der Waals surface area contributed by atoms with Crippen LogP contribution in [0.1, 0.15) is 43.2 Å². The van der Waals surface area contributed by atoms with Gasteiger partial charge in [0.15, 0.2) is 0 Å². The Hall–Kier alpha value is -1.51.